The monoisotopic (exact) mass is 304 g/mol. The molecule has 118 valence electrons. The van der Waals surface area contributed by atoms with E-state index in [1.54, 1.807) is 30.5 Å². The Morgan fingerprint density at radius 2 is 2.32 bits per heavy atom. The van der Waals surface area contributed by atoms with Crippen molar-refractivity contribution in [3.63, 3.8) is 0 Å². The highest BCUT2D eigenvalue weighted by Crippen LogP contribution is 2.14. The summed E-state index contributed by atoms with van der Waals surface area (Å²) in [6.45, 7) is 1.75. The van der Waals surface area contributed by atoms with E-state index < -0.39 is 0 Å². The van der Waals surface area contributed by atoms with Gasteiger partial charge in [0.25, 0.3) is 0 Å². The van der Waals surface area contributed by atoms with Crippen LogP contribution in [0.3, 0.4) is 0 Å². The van der Waals surface area contributed by atoms with Gasteiger partial charge in [-0.05, 0) is 30.7 Å². The maximum absolute atomic E-state index is 11.4. The number of esters is 1. The number of allylic oxidation sites excluding steroid dienone is 1. The number of nitrogens with one attached hydrogen (secondary N) is 1. The summed E-state index contributed by atoms with van der Waals surface area (Å²) in [6.07, 6.45) is 6.23. The Kier molecular flexibility index (Phi) is 5.85. The molecule has 1 aromatic carbocycles. The Bertz CT molecular complexity index is 569. The van der Waals surface area contributed by atoms with Gasteiger partial charge < -0.3 is 14.8 Å². The van der Waals surface area contributed by atoms with Crippen LogP contribution in [0.5, 0.6) is 5.75 Å². The average Bonchev–Trinajstić information content (AvgIpc) is 2.54. The smallest absolute Gasteiger partial charge is 0.337 e. The van der Waals surface area contributed by atoms with Gasteiger partial charge in [0, 0.05) is 6.54 Å². The second kappa shape index (κ2) is 8.09. The molecule has 0 bridgehead atoms. The molecule has 1 heterocycles. The summed E-state index contributed by atoms with van der Waals surface area (Å²) in [7, 11) is 1.35. The van der Waals surface area contributed by atoms with Crippen LogP contribution in [0.2, 0.25) is 0 Å². The third-order valence-electron chi connectivity index (χ3n) is 3.05. The van der Waals surface area contributed by atoms with Crippen molar-refractivity contribution in [2.75, 3.05) is 26.8 Å². The minimum absolute atomic E-state index is 0.378. The highest BCUT2D eigenvalue weighted by atomic mass is 16.5. The normalized spacial score (nSPS) is 13.5. The van der Waals surface area contributed by atoms with E-state index in [9.17, 15) is 10.0 Å². The Hall–Kier alpha value is -2.47. The van der Waals surface area contributed by atoms with E-state index in [4.69, 9.17) is 4.74 Å². The largest absolute Gasteiger partial charge is 0.494 e. The first-order chi connectivity index (χ1) is 10.7. The van der Waals surface area contributed by atoms with Crippen LogP contribution < -0.4 is 10.1 Å². The van der Waals surface area contributed by atoms with Crippen LogP contribution in [0.25, 0.3) is 0 Å². The Balaban J connectivity index is 1.71. The number of carbonyl (C=O) groups excluding carboxylic acids is 1. The van der Waals surface area contributed by atoms with Gasteiger partial charge >= 0.3 is 5.97 Å². The van der Waals surface area contributed by atoms with Gasteiger partial charge in [0.2, 0.25) is 0 Å². The number of benzene rings is 1. The van der Waals surface area contributed by atoms with Crippen LogP contribution in [0.15, 0.2) is 48.3 Å². The third kappa shape index (κ3) is 4.82. The summed E-state index contributed by atoms with van der Waals surface area (Å²) in [5.41, 5.74) is 1.33. The number of methoxy groups -OCH3 is 1. The zero-order valence-corrected chi connectivity index (χ0v) is 12.5. The Morgan fingerprint density at radius 3 is 3.09 bits per heavy atom. The number of rotatable bonds is 7. The minimum atomic E-state index is -0.378. The molecule has 1 aromatic rings. The molecule has 0 amide bonds. The summed E-state index contributed by atoms with van der Waals surface area (Å²) in [4.78, 5) is 11.4. The molecule has 0 aromatic heterocycles. The van der Waals surface area contributed by atoms with Crippen LogP contribution >= 0.6 is 0 Å². The predicted octanol–water partition coefficient (Wildman–Crippen LogP) is 1.93. The summed E-state index contributed by atoms with van der Waals surface area (Å²) in [6, 6.07) is 6.90. The lowest BCUT2D eigenvalue weighted by atomic mass is 10.2. The first-order valence-corrected chi connectivity index (χ1v) is 7.08. The number of hydrogen-bond donors (Lipinski definition) is 2. The van der Waals surface area contributed by atoms with Crippen LogP contribution in [0.4, 0.5) is 0 Å². The maximum atomic E-state index is 11.4. The van der Waals surface area contributed by atoms with E-state index >= 15 is 0 Å². The zero-order valence-electron chi connectivity index (χ0n) is 12.5. The maximum Gasteiger partial charge on any atom is 0.337 e. The van der Waals surface area contributed by atoms with Gasteiger partial charge in [0.1, 0.15) is 5.75 Å². The van der Waals surface area contributed by atoms with Gasteiger partial charge in [-0.2, -0.15) is 0 Å². The van der Waals surface area contributed by atoms with Crippen molar-refractivity contribution in [3.05, 3.63) is 53.9 Å². The molecule has 0 radical (unpaired) electrons. The first kappa shape index (κ1) is 15.9. The molecule has 22 heavy (non-hydrogen) atoms. The molecular weight excluding hydrogens is 284 g/mol. The van der Waals surface area contributed by atoms with Crippen LogP contribution in [-0.2, 0) is 4.74 Å². The fourth-order valence-electron chi connectivity index (χ4n) is 1.97. The zero-order chi connectivity index (χ0) is 15.8. The van der Waals surface area contributed by atoms with E-state index in [-0.39, 0.29) is 5.97 Å². The topological polar surface area (TPSA) is 71.0 Å². The molecule has 0 fully saturated rings. The van der Waals surface area contributed by atoms with E-state index in [0.29, 0.717) is 24.5 Å². The second-order valence-electron chi connectivity index (χ2n) is 4.76. The Morgan fingerprint density at radius 1 is 1.45 bits per heavy atom. The van der Waals surface area contributed by atoms with Crippen molar-refractivity contribution in [2.45, 2.75) is 6.42 Å². The van der Waals surface area contributed by atoms with Crippen molar-refractivity contribution in [1.82, 2.24) is 10.4 Å². The summed E-state index contributed by atoms with van der Waals surface area (Å²) in [5, 5.41) is 13.6. The number of hydrogen-bond acceptors (Lipinski definition) is 6. The van der Waals surface area contributed by atoms with Gasteiger partial charge in [-0.1, -0.05) is 12.1 Å². The molecule has 0 spiro atoms. The molecule has 2 N–H and O–H groups in total. The van der Waals surface area contributed by atoms with Crippen LogP contribution in [0.1, 0.15) is 16.8 Å². The first-order valence-electron chi connectivity index (χ1n) is 7.08. The molecule has 0 unspecified atom stereocenters. The molecule has 2 rings (SSSR count). The molecule has 0 atom stereocenters. The van der Waals surface area contributed by atoms with Crippen molar-refractivity contribution in [3.8, 4) is 5.75 Å². The number of hydroxylamine groups is 2. The lowest BCUT2D eigenvalue weighted by Crippen LogP contribution is -2.23. The molecule has 6 heteroatoms. The summed E-state index contributed by atoms with van der Waals surface area (Å²) >= 11 is 0. The lowest BCUT2D eigenvalue weighted by molar-refractivity contribution is -0.0315. The number of carbonyl (C=O) groups is 1. The van der Waals surface area contributed by atoms with Gasteiger partial charge in [0.05, 0.1) is 37.7 Å². The van der Waals surface area contributed by atoms with E-state index in [1.807, 2.05) is 12.2 Å². The summed E-state index contributed by atoms with van der Waals surface area (Å²) in [5.74, 6) is 0.262. The fraction of sp³-hybridized carbons (Fsp3) is 0.312. The van der Waals surface area contributed by atoms with Crippen molar-refractivity contribution in [2.24, 2.45) is 0 Å². The molecule has 0 saturated heterocycles. The van der Waals surface area contributed by atoms with Gasteiger partial charge in [-0.25, -0.2) is 4.79 Å². The molecule has 0 saturated carbocycles. The minimum Gasteiger partial charge on any atom is -0.494 e. The molecule has 6 nitrogen and oxygen atoms in total. The number of nitrogens with zero attached hydrogens (tertiary/aromatic N) is 1. The molecule has 1 aliphatic rings. The molecule has 0 aliphatic carbocycles. The molecular formula is C16H20N2O4. The second-order valence-corrected chi connectivity index (χ2v) is 4.76. The number of ether oxygens (including phenoxy) is 2. The van der Waals surface area contributed by atoms with Gasteiger partial charge in [-0.15, -0.1) is 0 Å². The standard InChI is InChI=1S/C16H20N2O4/c1-21-16(19)13-5-2-7-15(11-13)22-10-4-8-17-14-6-3-9-18(20)12-14/h2-3,5-7,11-12,17,20H,4,8-10H2,1H3. The average molecular weight is 304 g/mol. The third-order valence-corrected chi connectivity index (χ3v) is 3.05. The SMILES string of the molecule is COC(=O)c1cccc(OCCCNC2=CN(O)CC=C2)c1. The quantitative estimate of drug-likeness (QED) is 0.592. The predicted molar refractivity (Wildman–Crippen MR) is 81.6 cm³/mol. The van der Waals surface area contributed by atoms with Crippen molar-refractivity contribution in [1.29, 1.82) is 0 Å². The van der Waals surface area contributed by atoms with Crippen LogP contribution in [-0.4, -0.2) is 43.0 Å². The highest BCUT2D eigenvalue weighted by Gasteiger charge is 2.06. The fourth-order valence-corrected chi connectivity index (χ4v) is 1.97. The van der Waals surface area contributed by atoms with Crippen molar-refractivity contribution >= 4 is 5.97 Å². The van der Waals surface area contributed by atoms with Gasteiger partial charge in [-0.3, -0.25) is 10.3 Å². The van der Waals surface area contributed by atoms with Crippen molar-refractivity contribution < 1.29 is 19.5 Å². The van der Waals surface area contributed by atoms with Gasteiger partial charge in [0.15, 0.2) is 0 Å². The lowest BCUT2D eigenvalue weighted by Gasteiger charge is -2.17. The molecule has 1 aliphatic heterocycles. The summed E-state index contributed by atoms with van der Waals surface area (Å²) < 4.78 is 10.3. The Labute approximate surface area is 129 Å². The van der Waals surface area contributed by atoms with E-state index in [2.05, 4.69) is 10.1 Å². The highest BCUT2D eigenvalue weighted by molar-refractivity contribution is 5.89. The van der Waals surface area contributed by atoms with E-state index in [0.717, 1.165) is 23.7 Å². The van der Waals surface area contributed by atoms with Crippen LogP contribution in [0, 0.1) is 0 Å². The van der Waals surface area contributed by atoms with E-state index in [1.165, 1.54) is 7.11 Å².